The summed E-state index contributed by atoms with van der Waals surface area (Å²) in [6.07, 6.45) is 3.70. The number of halogens is 3. The van der Waals surface area contributed by atoms with Gasteiger partial charge in [-0.25, -0.2) is 5.43 Å². The molecule has 0 saturated carbocycles. The molecule has 2 aromatic rings. The molecule has 0 atom stereocenters. The molecular formula is C18H15Cl3N2O2. The Morgan fingerprint density at radius 1 is 1.12 bits per heavy atom. The average Bonchev–Trinajstić information content (AvgIpc) is 2.61. The highest BCUT2D eigenvalue weighted by Gasteiger charge is 2.09. The Morgan fingerprint density at radius 2 is 1.80 bits per heavy atom. The summed E-state index contributed by atoms with van der Waals surface area (Å²) in [5.74, 6) is -0.148. The number of nitrogens with zero attached hydrogens (tertiary/aromatic N) is 1. The van der Waals surface area contributed by atoms with Gasteiger partial charge in [-0.3, -0.25) is 4.79 Å². The molecule has 0 unspecified atom stereocenters. The maximum atomic E-state index is 11.8. The summed E-state index contributed by atoms with van der Waals surface area (Å²) < 4.78 is 5.32. The van der Waals surface area contributed by atoms with Crippen LogP contribution < -0.4 is 10.2 Å². The van der Waals surface area contributed by atoms with Gasteiger partial charge in [0.15, 0.2) is 6.61 Å². The summed E-state index contributed by atoms with van der Waals surface area (Å²) in [4.78, 5) is 11.8. The van der Waals surface area contributed by atoms with Crippen molar-refractivity contribution in [3.05, 3.63) is 69.2 Å². The van der Waals surface area contributed by atoms with Crippen molar-refractivity contribution < 1.29 is 9.53 Å². The average molecular weight is 398 g/mol. The normalized spacial score (nSPS) is 11.6. The number of carbonyl (C=O) groups excluding carboxylic acids is 1. The van der Waals surface area contributed by atoms with Gasteiger partial charge in [-0.05, 0) is 24.6 Å². The van der Waals surface area contributed by atoms with E-state index in [0.717, 1.165) is 5.56 Å². The van der Waals surface area contributed by atoms with Crippen molar-refractivity contribution in [2.24, 2.45) is 5.10 Å². The number of rotatable bonds is 6. The van der Waals surface area contributed by atoms with Gasteiger partial charge < -0.3 is 4.74 Å². The Labute approximate surface area is 161 Å². The fraction of sp³-hybridized carbons (Fsp3) is 0.111. The zero-order valence-electron chi connectivity index (χ0n) is 13.3. The van der Waals surface area contributed by atoms with Gasteiger partial charge in [0, 0.05) is 6.07 Å². The quantitative estimate of drug-likeness (QED) is 0.412. The van der Waals surface area contributed by atoms with Gasteiger partial charge in [-0.2, -0.15) is 5.10 Å². The molecule has 0 saturated heterocycles. The number of carbonyl (C=O) groups is 1. The van der Waals surface area contributed by atoms with Crippen molar-refractivity contribution in [2.45, 2.75) is 6.92 Å². The van der Waals surface area contributed by atoms with Crippen molar-refractivity contribution >= 4 is 52.5 Å². The predicted octanol–water partition coefficient (Wildman–Crippen LogP) is 5.23. The van der Waals surface area contributed by atoms with E-state index in [1.807, 2.05) is 36.4 Å². The Kier molecular flexibility index (Phi) is 7.31. The lowest BCUT2D eigenvalue weighted by molar-refractivity contribution is -0.123. The molecule has 0 fully saturated rings. The molecule has 0 bridgehead atoms. The summed E-state index contributed by atoms with van der Waals surface area (Å²) in [7, 11) is 0. The number of hydrogen-bond donors (Lipinski definition) is 1. The SMILES string of the molecule is CC(/C=C/c1ccccc1)=NNC(=O)COc1cc(Cl)c(Cl)cc1Cl. The minimum Gasteiger partial charge on any atom is -0.482 e. The second-order valence-electron chi connectivity index (χ2n) is 5.02. The topological polar surface area (TPSA) is 50.7 Å². The largest absolute Gasteiger partial charge is 0.482 e. The molecule has 4 nitrogen and oxygen atoms in total. The van der Waals surface area contributed by atoms with E-state index in [4.69, 9.17) is 39.5 Å². The molecule has 0 radical (unpaired) electrons. The Balaban J connectivity index is 1.86. The molecule has 130 valence electrons. The number of allylic oxidation sites excluding steroid dienone is 1. The Morgan fingerprint density at radius 3 is 2.52 bits per heavy atom. The molecule has 2 rings (SSSR count). The molecule has 1 N–H and O–H groups in total. The molecule has 1 amide bonds. The highest BCUT2D eigenvalue weighted by atomic mass is 35.5. The first kappa shape index (κ1) is 19.3. The van der Waals surface area contributed by atoms with Gasteiger partial charge in [-0.15, -0.1) is 0 Å². The van der Waals surface area contributed by atoms with Crippen molar-refractivity contribution in [1.82, 2.24) is 5.43 Å². The monoisotopic (exact) mass is 396 g/mol. The minimum atomic E-state index is -0.422. The summed E-state index contributed by atoms with van der Waals surface area (Å²) in [5.41, 5.74) is 4.09. The Hall–Kier alpha value is -2.01. The third kappa shape index (κ3) is 6.42. The van der Waals surface area contributed by atoms with Crippen molar-refractivity contribution in [2.75, 3.05) is 6.61 Å². The van der Waals surface area contributed by atoms with E-state index in [1.54, 1.807) is 13.0 Å². The first-order valence-electron chi connectivity index (χ1n) is 7.29. The lowest BCUT2D eigenvalue weighted by Gasteiger charge is -2.08. The number of benzene rings is 2. The highest BCUT2D eigenvalue weighted by molar-refractivity contribution is 6.43. The smallest absolute Gasteiger partial charge is 0.277 e. The van der Waals surface area contributed by atoms with E-state index >= 15 is 0 Å². The maximum absolute atomic E-state index is 11.8. The first-order valence-corrected chi connectivity index (χ1v) is 8.42. The van der Waals surface area contributed by atoms with Crippen LogP contribution >= 0.6 is 34.8 Å². The van der Waals surface area contributed by atoms with Crippen molar-refractivity contribution in [1.29, 1.82) is 0 Å². The molecule has 0 heterocycles. The van der Waals surface area contributed by atoms with Gasteiger partial charge in [0.2, 0.25) is 0 Å². The van der Waals surface area contributed by atoms with Gasteiger partial charge in [0.1, 0.15) is 5.75 Å². The zero-order chi connectivity index (χ0) is 18.2. The number of ether oxygens (including phenoxy) is 1. The van der Waals surface area contributed by atoms with E-state index in [9.17, 15) is 4.79 Å². The molecular weight excluding hydrogens is 383 g/mol. The van der Waals surface area contributed by atoms with E-state index in [-0.39, 0.29) is 17.4 Å². The summed E-state index contributed by atoms with van der Waals surface area (Å²) in [6, 6.07) is 12.7. The second kappa shape index (κ2) is 9.47. The van der Waals surface area contributed by atoms with Crippen LogP contribution in [0.4, 0.5) is 0 Å². The number of nitrogens with one attached hydrogen (secondary N) is 1. The number of amides is 1. The van der Waals surface area contributed by atoms with E-state index in [1.165, 1.54) is 12.1 Å². The molecule has 0 aliphatic carbocycles. The van der Waals surface area contributed by atoms with Crippen LogP contribution in [-0.2, 0) is 4.79 Å². The third-order valence-corrected chi connectivity index (χ3v) is 4.02. The maximum Gasteiger partial charge on any atom is 0.277 e. The van der Waals surface area contributed by atoms with E-state index in [2.05, 4.69) is 10.5 Å². The molecule has 0 aromatic heterocycles. The molecule has 7 heteroatoms. The highest BCUT2D eigenvalue weighted by Crippen LogP contribution is 2.33. The summed E-state index contributed by atoms with van der Waals surface area (Å²) >= 11 is 17.7. The van der Waals surface area contributed by atoms with Crippen LogP contribution in [0.5, 0.6) is 5.75 Å². The molecule has 0 spiro atoms. The summed E-state index contributed by atoms with van der Waals surface area (Å²) in [6.45, 7) is 1.52. The first-order chi connectivity index (χ1) is 12.0. The van der Waals surface area contributed by atoms with Crippen LogP contribution in [0.3, 0.4) is 0 Å². The van der Waals surface area contributed by atoms with Gasteiger partial charge >= 0.3 is 0 Å². The van der Waals surface area contributed by atoms with E-state index in [0.29, 0.717) is 15.8 Å². The van der Waals surface area contributed by atoms with Gasteiger partial charge in [-0.1, -0.05) is 71.2 Å². The predicted molar refractivity (Wildman–Crippen MR) is 104 cm³/mol. The van der Waals surface area contributed by atoms with Gasteiger partial charge in [0.05, 0.1) is 20.8 Å². The molecule has 0 aliphatic heterocycles. The van der Waals surface area contributed by atoms with E-state index < -0.39 is 5.91 Å². The van der Waals surface area contributed by atoms with Crippen molar-refractivity contribution in [3.8, 4) is 5.75 Å². The number of hydrazone groups is 1. The number of hydrogen-bond acceptors (Lipinski definition) is 3. The van der Waals surface area contributed by atoms with Gasteiger partial charge in [0.25, 0.3) is 5.91 Å². The standard InChI is InChI=1S/C18H15Cl3N2O2/c1-12(7-8-13-5-3-2-4-6-13)22-23-18(24)11-25-17-10-15(20)14(19)9-16(17)21/h2-10H,11H2,1H3,(H,23,24)/b8-7+,22-12?. The van der Waals surface area contributed by atoms with Crippen molar-refractivity contribution in [3.63, 3.8) is 0 Å². The lowest BCUT2D eigenvalue weighted by Crippen LogP contribution is -2.25. The minimum absolute atomic E-state index is 0.253. The fourth-order valence-corrected chi connectivity index (χ4v) is 2.35. The second-order valence-corrected chi connectivity index (χ2v) is 6.24. The Bertz CT molecular complexity index is 805. The molecule has 25 heavy (non-hydrogen) atoms. The molecule has 0 aliphatic rings. The van der Waals surface area contributed by atoms with Crippen LogP contribution in [0.1, 0.15) is 12.5 Å². The zero-order valence-corrected chi connectivity index (χ0v) is 15.6. The van der Waals surface area contributed by atoms with Crippen LogP contribution in [0.2, 0.25) is 15.1 Å². The van der Waals surface area contributed by atoms with Crippen LogP contribution in [0.25, 0.3) is 6.08 Å². The summed E-state index contributed by atoms with van der Waals surface area (Å²) in [5, 5.41) is 4.85. The van der Waals surface area contributed by atoms with Crippen LogP contribution in [0.15, 0.2) is 53.6 Å². The van der Waals surface area contributed by atoms with Crippen LogP contribution in [0, 0.1) is 0 Å². The fourth-order valence-electron chi connectivity index (χ4n) is 1.76. The lowest BCUT2D eigenvalue weighted by atomic mass is 10.2. The van der Waals surface area contributed by atoms with Crippen LogP contribution in [-0.4, -0.2) is 18.2 Å². The third-order valence-electron chi connectivity index (χ3n) is 3.01. The molecule has 2 aromatic carbocycles.